The van der Waals surface area contributed by atoms with E-state index in [9.17, 15) is 28.7 Å². The van der Waals surface area contributed by atoms with Gasteiger partial charge in [0.25, 0.3) is 5.91 Å². The van der Waals surface area contributed by atoms with E-state index in [0.717, 1.165) is 11.1 Å². The van der Waals surface area contributed by atoms with Gasteiger partial charge in [-0.2, -0.15) is 0 Å². The van der Waals surface area contributed by atoms with Crippen LogP contribution in [0.2, 0.25) is 0 Å². The Morgan fingerprint density at radius 3 is 2.37 bits per heavy atom. The highest BCUT2D eigenvalue weighted by molar-refractivity contribution is 6.01. The summed E-state index contributed by atoms with van der Waals surface area (Å²) in [4.78, 5) is 52.9. The smallest absolute Gasteiger partial charge is 0.255 e. The Morgan fingerprint density at radius 1 is 0.953 bits per heavy atom. The average Bonchev–Trinajstić information content (AvgIpc) is 2.99. The molecule has 1 heterocycles. The molecule has 0 unspecified atom stereocenters. The molecule has 1 aliphatic rings. The van der Waals surface area contributed by atoms with Gasteiger partial charge in [0.1, 0.15) is 30.3 Å². The zero-order chi connectivity index (χ0) is 30.8. The molecule has 5 N–H and O–H groups in total. The van der Waals surface area contributed by atoms with Gasteiger partial charge in [0.05, 0.1) is 24.1 Å². The summed E-state index contributed by atoms with van der Waals surface area (Å²) in [7, 11) is 0. The minimum Gasteiger partial charge on any atom is -0.491 e. The monoisotopic (exact) mass is 590 g/mol. The number of halogens is 1. The molecular weight excluding hydrogens is 555 g/mol. The number of ether oxygens (including phenoxy) is 1. The maximum atomic E-state index is 13.4. The molecule has 0 saturated heterocycles. The van der Waals surface area contributed by atoms with Gasteiger partial charge < -0.3 is 31.1 Å². The van der Waals surface area contributed by atoms with Gasteiger partial charge in [-0.25, -0.2) is 4.39 Å². The number of fused-ring (bicyclic) bond motifs is 1. The van der Waals surface area contributed by atoms with Gasteiger partial charge in [-0.3, -0.25) is 19.2 Å². The van der Waals surface area contributed by atoms with Crippen LogP contribution in [0, 0.1) is 5.82 Å². The van der Waals surface area contributed by atoms with Crippen molar-refractivity contribution in [3.05, 3.63) is 101 Å². The van der Waals surface area contributed by atoms with E-state index < -0.39 is 54.3 Å². The number of para-hydroxylation sites is 1. The predicted molar refractivity (Wildman–Crippen MR) is 157 cm³/mol. The standard InChI is InChI=1S/C32H35FN4O6/c1-20(38)29-32(42)35-24(17-22-7-3-2-4-8-22)19-43-27-10-6-5-9-25(27)30(40)36-26(18-28(39)37-29)31(41)34-16-15-21-11-13-23(33)14-12-21/h2-14,20,24,26,29,38H,15-19H2,1H3,(H,34,41)(H,35,42)(H,36,40)(H,37,39)/t20-,24-,26+,29+/m1/s1. The van der Waals surface area contributed by atoms with Crippen molar-refractivity contribution in [1.82, 2.24) is 21.3 Å². The van der Waals surface area contributed by atoms with Crippen LogP contribution in [0.3, 0.4) is 0 Å². The third kappa shape index (κ3) is 9.11. The van der Waals surface area contributed by atoms with Crippen molar-refractivity contribution in [2.24, 2.45) is 0 Å². The molecule has 10 nitrogen and oxygen atoms in total. The lowest BCUT2D eigenvalue weighted by Crippen LogP contribution is -2.57. The second kappa shape index (κ2) is 14.9. The van der Waals surface area contributed by atoms with Crippen molar-refractivity contribution in [2.45, 2.75) is 50.4 Å². The highest BCUT2D eigenvalue weighted by Gasteiger charge is 2.31. The molecule has 4 atom stereocenters. The van der Waals surface area contributed by atoms with Crippen molar-refractivity contribution >= 4 is 23.6 Å². The quantitative estimate of drug-likeness (QED) is 0.283. The van der Waals surface area contributed by atoms with Gasteiger partial charge in [0, 0.05) is 6.54 Å². The molecule has 0 saturated carbocycles. The number of amides is 4. The van der Waals surface area contributed by atoms with Crippen LogP contribution in [0.15, 0.2) is 78.9 Å². The van der Waals surface area contributed by atoms with Gasteiger partial charge in [0.2, 0.25) is 17.7 Å². The van der Waals surface area contributed by atoms with Crippen LogP contribution in [-0.2, 0) is 27.2 Å². The molecule has 0 radical (unpaired) electrons. The van der Waals surface area contributed by atoms with E-state index in [1.165, 1.54) is 25.1 Å². The Hall–Kier alpha value is -4.77. The molecule has 1 aliphatic heterocycles. The number of nitrogens with one attached hydrogen (secondary N) is 4. The number of aliphatic hydroxyl groups excluding tert-OH is 1. The third-order valence-electron chi connectivity index (χ3n) is 6.96. The summed E-state index contributed by atoms with van der Waals surface area (Å²) < 4.78 is 19.2. The molecular formula is C32H35FN4O6. The van der Waals surface area contributed by atoms with Crippen molar-refractivity contribution in [3.63, 3.8) is 0 Å². The first-order valence-corrected chi connectivity index (χ1v) is 14.1. The normalized spacial score (nSPS) is 20.3. The molecule has 0 aliphatic carbocycles. The Kier molecular flexibility index (Phi) is 10.8. The van der Waals surface area contributed by atoms with E-state index in [1.807, 2.05) is 30.3 Å². The molecule has 3 aromatic carbocycles. The van der Waals surface area contributed by atoms with Gasteiger partial charge >= 0.3 is 0 Å². The van der Waals surface area contributed by atoms with E-state index in [1.54, 1.807) is 30.3 Å². The summed E-state index contributed by atoms with van der Waals surface area (Å²) >= 11 is 0. The fourth-order valence-corrected chi connectivity index (χ4v) is 4.68. The Balaban J connectivity index is 1.56. The predicted octanol–water partition coefficient (Wildman–Crippen LogP) is 1.66. The summed E-state index contributed by atoms with van der Waals surface area (Å²) in [6.45, 7) is 1.52. The zero-order valence-corrected chi connectivity index (χ0v) is 23.7. The second-order valence-corrected chi connectivity index (χ2v) is 10.4. The van der Waals surface area contributed by atoms with Crippen molar-refractivity contribution < 1.29 is 33.4 Å². The van der Waals surface area contributed by atoms with Crippen LogP contribution in [0.4, 0.5) is 4.39 Å². The highest BCUT2D eigenvalue weighted by Crippen LogP contribution is 2.19. The molecule has 226 valence electrons. The van der Waals surface area contributed by atoms with Crippen LogP contribution in [0.1, 0.15) is 34.8 Å². The summed E-state index contributed by atoms with van der Waals surface area (Å²) in [5, 5.41) is 21.0. The molecule has 0 fully saturated rings. The summed E-state index contributed by atoms with van der Waals surface area (Å²) in [5.41, 5.74) is 1.86. The summed E-state index contributed by atoms with van der Waals surface area (Å²) in [6, 6.07) is 18.5. The van der Waals surface area contributed by atoms with Crippen molar-refractivity contribution in [1.29, 1.82) is 0 Å². The molecule has 3 aromatic rings. The van der Waals surface area contributed by atoms with E-state index in [4.69, 9.17) is 4.74 Å². The van der Waals surface area contributed by atoms with Crippen LogP contribution in [-0.4, -0.2) is 66.1 Å². The molecule has 4 rings (SSSR count). The molecule has 0 aromatic heterocycles. The number of hydrogen-bond acceptors (Lipinski definition) is 6. The van der Waals surface area contributed by atoms with Crippen molar-refractivity contribution in [2.75, 3.05) is 13.2 Å². The first-order chi connectivity index (χ1) is 20.7. The minimum absolute atomic E-state index is 0.0152. The topological polar surface area (TPSA) is 146 Å². The van der Waals surface area contributed by atoms with E-state index in [2.05, 4.69) is 21.3 Å². The van der Waals surface area contributed by atoms with Gasteiger partial charge in [0.15, 0.2) is 0 Å². The lowest BCUT2D eigenvalue weighted by Gasteiger charge is -2.27. The Bertz CT molecular complexity index is 1420. The second-order valence-electron chi connectivity index (χ2n) is 10.4. The third-order valence-corrected chi connectivity index (χ3v) is 6.96. The SMILES string of the molecule is C[C@@H](O)[C@@H]1NC(=O)C[C@@H](C(=O)NCCc2ccc(F)cc2)NC(=O)c2ccccc2OC[C@@H](Cc2ccccc2)NC1=O. The first kappa shape index (κ1) is 31.2. The Labute approximate surface area is 249 Å². The lowest BCUT2D eigenvalue weighted by molar-refractivity contribution is -0.133. The molecule has 0 bridgehead atoms. The van der Waals surface area contributed by atoms with Gasteiger partial charge in [-0.05, 0) is 55.2 Å². The average molecular weight is 591 g/mol. The number of hydrogen-bond donors (Lipinski definition) is 5. The minimum atomic E-state index is -1.32. The summed E-state index contributed by atoms with van der Waals surface area (Å²) in [5.74, 6) is -2.74. The molecule has 0 spiro atoms. The van der Waals surface area contributed by atoms with Gasteiger partial charge in [-0.1, -0.05) is 54.6 Å². The van der Waals surface area contributed by atoms with E-state index in [-0.39, 0.29) is 30.3 Å². The number of aliphatic hydroxyl groups is 1. The summed E-state index contributed by atoms with van der Waals surface area (Å²) in [6.07, 6.45) is -0.972. The maximum Gasteiger partial charge on any atom is 0.255 e. The van der Waals surface area contributed by atoms with E-state index in [0.29, 0.717) is 12.8 Å². The van der Waals surface area contributed by atoms with Crippen molar-refractivity contribution in [3.8, 4) is 5.75 Å². The number of carbonyl (C=O) groups excluding carboxylic acids is 4. The number of carbonyl (C=O) groups is 4. The zero-order valence-electron chi connectivity index (χ0n) is 23.7. The highest BCUT2D eigenvalue weighted by atomic mass is 19.1. The number of benzene rings is 3. The van der Waals surface area contributed by atoms with Crippen LogP contribution < -0.4 is 26.0 Å². The number of rotatable bonds is 7. The lowest BCUT2D eigenvalue weighted by atomic mass is 10.0. The Morgan fingerprint density at radius 2 is 1.65 bits per heavy atom. The maximum absolute atomic E-state index is 13.4. The van der Waals surface area contributed by atoms with Crippen LogP contribution in [0.5, 0.6) is 5.75 Å². The molecule has 11 heteroatoms. The molecule has 43 heavy (non-hydrogen) atoms. The van der Waals surface area contributed by atoms with Crippen LogP contribution >= 0.6 is 0 Å². The molecule has 4 amide bonds. The van der Waals surface area contributed by atoms with E-state index >= 15 is 0 Å². The fraction of sp³-hybridized carbons (Fsp3) is 0.312. The largest absolute Gasteiger partial charge is 0.491 e. The first-order valence-electron chi connectivity index (χ1n) is 14.1. The van der Waals surface area contributed by atoms with Gasteiger partial charge in [-0.15, -0.1) is 0 Å². The fourth-order valence-electron chi connectivity index (χ4n) is 4.68. The van der Waals surface area contributed by atoms with Crippen LogP contribution in [0.25, 0.3) is 0 Å².